The number of hydrogen-bond donors (Lipinski definition) is 3. The van der Waals surface area contributed by atoms with Crippen LogP contribution in [0.1, 0.15) is 46.5 Å². The van der Waals surface area contributed by atoms with Gasteiger partial charge in [-0.25, -0.2) is 0 Å². The molecule has 0 bridgehead atoms. The lowest BCUT2D eigenvalue weighted by Gasteiger charge is -2.37. The molecule has 3 rings (SSSR count). The van der Waals surface area contributed by atoms with Crippen LogP contribution in [0.25, 0.3) is 10.9 Å². The number of aromatic nitrogens is 1. The van der Waals surface area contributed by atoms with Crippen LogP contribution in [-0.4, -0.2) is 21.7 Å². The van der Waals surface area contributed by atoms with Gasteiger partial charge in [0.15, 0.2) is 5.75 Å². The average Bonchev–Trinajstić information content (AvgIpc) is 2.53. The lowest BCUT2D eigenvalue weighted by molar-refractivity contribution is 0.153. The molecular formula is C20H28N2O2. The zero-order chi connectivity index (χ0) is 17.3. The Balaban J connectivity index is 1.69. The quantitative estimate of drug-likeness (QED) is 0.749. The number of benzene rings is 1. The minimum Gasteiger partial charge on any atom is -0.508 e. The van der Waals surface area contributed by atoms with Gasteiger partial charge in [-0.3, -0.25) is 4.98 Å². The van der Waals surface area contributed by atoms with Crippen LogP contribution in [0.4, 0.5) is 5.69 Å². The minimum absolute atomic E-state index is 0.136. The standard InChI is InChI=1S/C20H28N2O2/c1-20(2,3)14-6-4-13(5-7-14)11-22-19-16-10-15(23)8-9-17(16)21-12-18(19)24/h8-10,12-14,23-24H,4-7,11H2,1-3H3,(H,21,22). The first kappa shape index (κ1) is 16.9. The molecule has 0 amide bonds. The van der Waals surface area contributed by atoms with E-state index in [1.807, 2.05) is 0 Å². The average molecular weight is 328 g/mol. The summed E-state index contributed by atoms with van der Waals surface area (Å²) < 4.78 is 0. The lowest BCUT2D eigenvalue weighted by atomic mass is 9.70. The fourth-order valence-electron chi connectivity index (χ4n) is 3.83. The number of pyridine rings is 1. The maximum atomic E-state index is 10.2. The number of fused-ring (bicyclic) bond motifs is 1. The molecule has 3 N–H and O–H groups in total. The summed E-state index contributed by atoms with van der Waals surface area (Å²) in [6.45, 7) is 7.86. The predicted octanol–water partition coefficient (Wildman–Crippen LogP) is 4.91. The van der Waals surface area contributed by atoms with Crippen molar-refractivity contribution in [2.24, 2.45) is 17.3 Å². The molecule has 1 fully saturated rings. The van der Waals surface area contributed by atoms with Crippen molar-refractivity contribution in [1.82, 2.24) is 4.98 Å². The van der Waals surface area contributed by atoms with E-state index in [1.54, 1.807) is 18.2 Å². The summed E-state index contributed by atoms with van der Waals surface area (Å²) >= 11 is 0. The molecule has 1 aliphatic carbocycles. The Hall–Kier alpha value is -1.97. The fourth-order valence-corrected chi connectivity index (χ4v) is 3.83. The molecule has 1 aliphatic rings. The third-order valence-corrected chi connectivity index (χ3v) is 5.47. The Morgan fingerprint density at radius 1 is 1.12 bits per heavy atom. The Morgan fingerprint density at radius 3 is 2.50 bits per heavy atom. The van der Waals surface area contributed by atoms with Gasteiger partial charge < -0.3 is 15.5 Å². The molecule has 4 nitrogen and oxygen atoms in total. The van der Waals surface area contributed by atoms with Gasteiger partial charge in [0.05, 0.1) is 17.4 Å². The second kappa shape index (κ2) is 6.50. The molecule has 0 unspecified atom stereocenters. The molecule has 0 aliphatic heterocycles. The van der Waals surface area contributed by atoms with Gasteiger partial charge in [0.25, 0.3) is 0 Å². The van der Waals surface area contributed by atoms with Crippen LogP contribution in [0.3, 0.4) is 0 Å². The zero-order valence-electron chi connectivity index (χ0n) is 14.8. The predicted molar refractivity (Wildman–Crippen MR) is 98.5 cm³/mol. The van der Waals surface area contributed by atoms with Crippen LogP contribution < -0.4 is 5.32 Å². The highest BCUT2D eigenvalue weighted by atomic mass is 16.3. The zero-order valence-corrected chi connectivity index (χ0v) is 14.8. The summed E-state index contributed by atoms with van der Waals surface area (Å²) in [5.74, 6) is 1.75. The van der Waals surface area contributed by atoms with Crippen LogP contribution in [0.5, 0.6) is 11.5 Å². The van der Waals surface area contributed by atoms with E-state index in [2.05, 4.69) is 31.1 Å². The molecule has 1 aromatic carbocycles. The van der Waals surface area contributed by atoms with E-state index in [0.29, 0.717) is 17.0 Å². The first-order valence-corrected chi connectivity index (χ1v) is 8.89. The van der Waals surface area contributed by atoms with Crippen molar-refractivity contribution in [3.05, 3.63) is 24.4 Å². The normalized spacial score (nSPS) is 21.8. The summed E-state index contributed by atoms with van der Waals surface area (Å²) in [6.07, 6.45) is 6.48. The van der Waals surface area contributed by atoms with Gasteiger partial charge in [-0.2, -0.15) is 0 Å². The maximum Gasteiger partial charge on any atom is 0.157 e. The first-order valence-electron chi connectivity index (χ1n) is 8.89. The van der Waals surface area contributed by atoms with Crippen LogP contribution in [0.2, 0.25) is 0 Å². The number of phenols is 1. The number of nitrogens with zero attached hydrogens (tertiary/aromatic N) is 1. The highest BCUT2D eigenvalue weighted by Gasteiger charge is 2.29. The summed E-state index contributed by atoms with van der Waals surface area (Å²) in [5, 5.41) is 24.1. The molecule has 24 heavy (non-hydrogen) atoms. The Morgan fingerprint density at radius 2 is 1.83 bits per heavy atom. The smallest absolute Gasteiger partial charge is 0.157 e. The van der Waals surface area contributed by atoms with Crippen LogP contribution in [0.15, 0.2) is 24.4 Å². The van der Waals surface area contributed by atoms with Crippen LogP contribution in [-0.2, 0) is 0 Å². The number of aromatic hydroxyl groups is 2. The number of phenolic OH excluding ortho intramolecular Hbond substituents is 1. The Labute approximate surface area is 143 Å². The van der Waals surface area contributed by atoms with E-state index >= 15 is 0 Å². The Kier molecular flexibility index (Phi) is 4.57. The van der Waals surface area contributed by atoms with Gasteiger partial charge in [0.2, 0.25) is 0 Å². The second-order valence-corrected chi connectivity index (χ2v) is 8.18. The van der Waals surface area contributed by atoms with E-state index in [0.717, 1.165) is 23.4 Å². The second-order valence-electron chi connectivity index (χ2n) is 8.18. The van der Waals surface area contributed by atoms with Crippen molar-refractivity contribution in [2.75, 3.05) is 11.9 Å². The maximum absolute atomic E-state index is 10.2. The molecule has 130 valence electrons. The molecule has 0 atom stereocenters. The fraction of sp³-hybridized carbons (Fsp3) is 0.550. The summed E-state index contributed by atoms with van der Waals surface area (Å²) in [5.41, 5.74) is 1.84. The van der Waals surface area contributed by atoms with Crippen LogP contribution >= 0.6 is 0 Å². The molecular weight excluding hydrogens is 300 g/mol. The third kappa shape index (κ3) is 3.58. The largest absolute Gasteiger partial charge is 0.508 e. The monoisotopic (exact) mass is 328 g/mol. The highest BCUT2D eigenvalue weighted by molar-refractivity contribution is 5.94. The topological polar surface area (TPSA) is 65.4 Å². The lowest BCUT2D eigenvalue weighted by Crippen LogP contribution is -2.28. The number of nitrogens with one attached hydrogen (secondary N) is 1. The van der Waals surface area contributed by atoms with Gasteiger partial charge in [-0.15, -0.1) is 0 Å². The number of rotatable bonds is 3. The molecule has 0 spiro atoms. The molecule has 0 saturated heterocycles. The molecule has 1 saturated carbocycles. The Bertz CT molecular complexity index is 708. The van der Waals surface area contributed by atoms with Gasteiger partial charge >= 0.3 is 0 Å². The van der Waals surface area contributed by atoms with Crippen molar-refractivity contribution in [3.8, 4) is 11.5 Å². The summed E-state index contributed by atoms with van der Waals surface area (Å²) in [6, 6.07) is 5.04. The van der Waals surface area contributed by atoms with E-state index in [9.17, 15) is 10.2 Å². The van der Waals surface area contributed by atoms with Gasteiger partial charge in [0.1, 0.15) is 5.75 Å². The van der Waals surface area contributed by atoms with E-state index < -0.39 is 0 Å². The minimum atomic E-state index is 0.136. The SMILES string of the molecule is CC(C)(C)C1CCC(CNc2c(O)cnc3ccc(O)cc23)CC1. The number of hydrogen-bond acceptors (Lipinski definition) is 4. The molecule has 0 radical (unpaired) electrons. The highest BCUT2D eigenvalue weighted by Crippen LogP contribution is 2.40. The van der Waals surface area contributed by atoms with E-state index in [-0.39, 0.29) is 11.5 Å². The van der Waals surface area contributed by atoms with Crippen molar-refractivity contribution in [3.63, 3.8) is 0 Å². The van der Waals surface area contributed by atoms with Crippen molar-refractivity contribution in [1.29, 1.82) is 0 Å². The summed E-state index contributed by atoms with van der Waals surface area (Å²) in [7, 11) is 0. The molecule has 1 aromatic heterocycles. The van der Waals surface area contributed by atoms with Gasteiger partial charge in [0, 0.05) is 11.9 Å². The van der Waals surface area contributed by atoms with Crippen molar-refractivity contribution in [2.45, 2.75) is 46.5 Å². The van der Waals surface area contributed by atoms with Crippen LogP contribution in [0, 0.1) is 17.3 Å². The molecule has 1 heterocycles. The third-order valence-electron chi connectivity index (χ3n) is 5.47. The number of anilines is 1. The molecule has 2 aromatic rings. The van der Waals surface area contributed by atoms with Gasteiger partial charge in [-0.05, 0) is 61.1 Å². The first-order chi connectivity index (χ1) is 11.3. The summed E-state index contributed by atoms with van der Waals surface area (Å²) in [4.78, 5) is 4.21. The van der Waals surface area contributed by atoms with Gasteiger partial charge in [-0.1, -0.05) is 20.8 Å². The molecule has 4 heteroatoms. The van der Waals surface area contributed by atoms with E-state index in [1.165, 1.54) is 31.9 Å². The van der Waals surface area contributed by atoms with E-state index in [4.69, 9.17) is 0 Å². The van der Waals surface area contributed by atoms with Crippen molar-refractivity contribution < 1.29 is 10.2 Å². The van der Waals surface area contributed by atoms with Crippen molar-refractivity contribution >= 4 is 16.6 Å².